The number of nitrogens with zero attached hydrogens (tertiary/aromatic N) is 3. The molecule has 3 N–H and O–H groups in total. The van der Waals surface area contributed by atoms with Crippen LogP contribution in [0, 0.1) is 0 Å². The number of likely N-dealkylation sites (tertiary alicyclic amines) is 1. The van der Waals surface area contributed by atoms with E-state index in [9.17, 15) is 9.59 Å². The fraction of sp³-hybridized carbons (Fsp3) is 0.333. The lowest BCUT2D eigenvalue weighted by Gasteiger charge is -2.27. The summed E-state index contributed by atoms with van der Waals surface area (Å²) in [5.74, 6) is -0.905. The normalized spacial score (nSPS) is 15.7. The molecule has 2 aromatic rings. The molecule has 1 fully saturated rings. The second-order valence-corrected chi connectivity index (χ2v) is 6.05. The molecular weight excluding hydrogens is 318 g/mol. The predicted octanol–water partition coefficient (Wildman–Crippen LogP) is 1.14. The smallest absolute Gasteiger partial charge is 0.269 e. The molecule has 7 nitrogen and oxygen atoms in total. The van der Waals surface area contributed by atoms with Crippen molar-refractivity contribution in [3.8, 4) is 0 Å². The highest BCUT2D eigenvalue weighted by atomic mass is 16.2. The van der Waals surface area contributed by atoms with Crippen molar-refractivity contribution in [2.75, 3.05) is 19.6 Å². The minimum atomic E-state index is -0.582. The van der Waals surface area contributed by atoms with Gasteiger partial charge in [0, 0.05) is 30.7 Å². The number of amides is 2. The van der Waals surface area contributed by atoms with Gasteiger partial charge in [-0.25, -0.2) is 0 Å². The van der Waals surface area contributed by atoms with Gasteiger partial charge in [0.1, 0.15) is 5.69 Å². The average molecular weight is 339 g/mol. The fourth-order valence-corrected chi connectivity index (χ4v) is 3.07. The molecule has 3 heterocycles. The molecule has 1 aliphatic heterocycles. The topological polar surface area (TPSA) is 101 Å². The molecule has 1 unspecified atom stereocenters. The number of pyridine rings is 2. The predicted molar refractivity (Wildman–Crippen MR) is 92.9 cm³/mol. The molecule has 7 heteroatoms. The molecule has 25 heavy (non-hydrogen) atoms. The molecular formula is C18H21N5O2. The SMILES string of the molecule is NC(=O)c1ccnc(C(=O)NCC(c2cccnc2)N2CCCC2)c1. The summed E-state index contributed by atoms with van der Waals surface area (Å²) in [6.45, 7) is 2.46. The Morgan fingerprint density at radius 1 is 1.24 bits per heavy atom. The maximum atomic E-state index is 12.4. The van der Waals surface area contributed by atoms with E-state index in [-0.39, 0.29) is 23.2 Å². The zero-order chi connectivity index (χ0) is 17.6. The number of hydrogen-bond acceptors (Lipinski definition) is 5. The standard InChI is InChI=1S/C18H21N5O2/c19-17(24)13-5-7-21-15(10-13)18(25)22-12-16(23-8-1-2-9-23)14-4-3-6-20-11-14/h3-7,10-11,16H,1-2,8-9,12H2,(H2,19,24)(H,22,25). The van der Waals surface area contributed by atoms with Gasteiger partial charge >= 0.3 is 0 Å². The van der Waals surface area contributed by atoms with Crippen molar-refractivity contribution >= 4 is 11.8 Å². The highest BCUT2D eigenvalue weighted by Crippen LogP contribution is 2.24. The number of nitrogens with two attached hydrogens (primary N) is 1. The maximum Gasteiger partial charge on any atom is 0.269 e. The van der Waals surface area contributed by atoms with Gasteiger partial charge in [-0.15, -0.1) is 0 Å². The van der Waals surface area contributed by atoms with Gasteiger partial charge in [0.15, 0.2) is 0 Å². The summed E-state index contributed by atoms with van der Waals surface area (Å²) in [5, 5.41) is 2.92. The molecule has 1 saturated heterocycles. The van der Waals surface area contributed by atoms with Crippen molar-refractivity contribution in [2.45, 2.75) is 18.9 Å². The van der Waals surface area contributed by atoms with Crippen LogP contribution < -0.4 is 11.1 Å². The molecule has 0 radical (unpaired) electrons. The first-order valence-electron chi connectivity index (χ1n) is 8.33. The number of hydrogen-bond donors (Lipinski definition) is 2. The molecule has 1 atom stereocenters. The zero-order valence-electron chi connectivity index (χ0n) is 13.9. The van der Waals surface area contributed by atoms with Crippen LogP contribution in [0.15, 0.2) is 42.9 Å². The molecule has 0 saturated carbocycles. The highest BCUT2D eigenvalue weighted by molar-refractivity contribution is 5.97. The van der Waals surface area contributed by atoms with E-state index in [0.29, 0.717) is 6.54 Å². The lowest BCUT2D eigenvalue weighted by atomic mass is 10.1. The molecule has 3 rings (SSSR count). The van der Waals surface area contributed by atoms with E-state index in [1.807, 2.05) is 18.3 Å². The summed E-state index contributed by atoms with van der Waals surface area (Å²) in [7, 11) is 0. The van der Waals surface area contributed by atoms with Crippen LogP contribution in [0.25, 0.3) is 0 Å². The second kappa shape index (κ2) is 7.85. The summed E-state index contributed by atoms with van der Waals surface area (Å²) in [6.07, 6.45) is 7.30. The van der Waals surface area contributed by atoms with Gasteiger partial charge in [-0.05, 0) is 49.7 Å². The Balaban J connectivity index is 1.71. The molecule has 130 valence electrons. The van der Waals surface area contributed by atoms with Gasteiger partial charge in [-0.2, -0.15) is 0 Å². The maximum absolute atomic E-state index is 12.4. The first kappa shape index (κ1) is 17.0. The van der Waals surface area contributed by atoms with E-state index < -0.39 is 5.91 Å². The largest absolute Gasteiger partial charge is 0.366 e. The van der Waals surface area contributed by atoms with Crippen LogP contribution in [0.1, 0.15) is 45.3 Å². The molecule has 0 aliphatic carbocycles. The van der Waals surface area contributed by atoms with Crippen LogP contribution in [0.5, 0.6) is 0 Å². The first-order valence-corrected chi connectivity index (χ1v) is 8.33. The lowest BCUT2D eigenvalue weighted by molar-refractivity contribution is 0.0933. The van der Waals surface area contributed by atoms with Crippen molar-refractivity contribution in [1.82, 2.24) is 20.2 Å². The number of primary amides is 1. The third-order valence-electron chi connectivity index (χ3n) is 4.38. The van der Waals surface area contributed by atoms with E-state index in [1.54, 1.807) is 6.20 Å². The van der Waals surface area contributed by atoms with Crippen molar-refractivity contribution < 1.29 is 9.59 Å². The Labute approximate surface area is 146 Å². The van der Waals surface area contributed by atoms with Gasteiger partial charge in [-0.1, -0.05) is 6.07 Å². The summed E-state index contributed by atoms with van der Waals surface area (Å²) in [4.78, 5) is 34.2. The quantitative estimate of drug-likeness (QED) is 0.822. The van der Waals surface area contributed by atoms with E-state index in [1.165, 1.54) is 18.3 Å². The third-order valence-corrected chi connectivity index (χ3v) is 4.38. The van der Waals surface area contributed by atoms with Crippen molar-refractivity contribution in [2.24, 2.45) is 5.73 Å². The van der Waals surface area contributed by atoms with Crippen molar-refractivity contribution in [3.63, 3.8) is 0 Å². The lowest BCUT2D eigenvalue weighted by Crippen LogP contribution is -2.37. The molecule has 2 aromatic heterocycles. The molecule has 0 bridgehead atoms. The minimum absolute atomic E-state index is 0.0690. The summed E-state index contributed by atoms with van der Waals surface area (Å²) in [6, 6.07) is 6.89. The van der Waals surface area contributed by atoms with Crippen LogP contribution in [0.4, 0.5) is 0 Å². The van der Waals surface area contributed by atoms with Gasteiger partial charge in [0.2, 0.25) is 5.91 Å². The summed E-state index contributed by atoms with van der Waals surface area (Å²) in [5.41, 5.74) is 6.77. The number of rotatable bonds is 6. The van der Waals surface area contributed by atoms with E-state index in [4.69, 9.17) is 5.73 Å². The molecule has 0 spiro atoms. The minimum Gasteiger partial charge on any atom is -0.366 e. The Bertz CT molecular complexity index is 744. The van der Waals surface area contributed by atoms with Crippen LogP contribution >= 0.6 is 0 Å². The van der Waals surface area contributed by atoms with Crippen LogP contribution in [0.3, 0.4) is 0 Å². The number of carbonyl (C=O) groups is 2. The third kappa shape index (κ3) is 4.19. The van der Waals surface area contributed by atoms with E-state index >= 15 is 0 Å². The monoisotopic (exact) mass is 339 g/mol. The Morgan fingerprint density at radius 3 is 2.72 bits per heavy atom. The first-order chi connectivity index (χ1) is 12.1. The van der Waals surface area contributed by atoms with E-state index in [0.717, 1.165) is 31.5 Å². The number of nitrogens with one attached hydrogen (secondary N) is 1. The summed E-state index contributed by atoms with van der Waals surface area (Å²) < 4.78 is 0. The summed E-state index contributed by atoms with van der Waals surface area (Å²) >= 11 is 0. The molecule has 2 amide bonds. The zero-order valence-corrected chi connectivity index (χ0v) is 13.9. The van der Waals surface area contributed by atoms with Crippen molar-refractivity contribution in [3.05, 3.63) is 59.7 Å². The molecule has 1 aliphatic rings. The van der Waals surface area contributed by atoms with Gasteiger partial charge in [0.25, 0.3) is 5.91 Å². The van der Waals surface area contributed by atoms with Crippen molar-refractivity contribution in [1.29, 1.82) is 0 Å². The van der Waals surface area contributed by atoms with Crippen LogP contribution in [-0.4, -0.2) is 46.3 Å². The Kier molecular flexibility index (Phi) is 5.35. The Morgan fingerprint density at radius 2 is 2.04 bits per heavy atom. The number of aromatic nitrogens is 2. The van der Waals surface area contributed by atoms with Crippen LogP contribution in [-0.2, 0) is 0 Å². The molecule has 0 aromatic carbocycles. The second-order valence-electron chi connectivity index (χ2n) is 6.05. The fourth-order valence-electron chi connectivity index (χ4n) is 3.07. The van der Waals surface area contributed by atoms with Gasteiger partial charge < -0.3 is 11.1 Å². The van der Waals surface area contributed by atoms with Crippen LogP contribution in [0.2, 0.25) is 0 Å². The van der Waals surface area contributed by atoms with E-state index in [2.05, 4.69) is 20.2 Å². The average Bonchev–Trinajstić information content (AvgIpc) is 3.17. The van der Waals surface area contributed by atoms with Gasteiger partial charge in [0.05, 0.1) is 6.04 Å². The number of carbonyl (C=O) groups excluding carboxylic acids is 2. The Hall–Kier alpha value is -2.80. The highest BCUT2D eigenvalue weighted by Gasteiger charge is 2.24. The van der Waals surface area contributed by atoms with Gasteiger partial charge in [-0.3, -0.25) is 24.5 Å².